The first-order valence-electron chi connectivity index (χ1n) is 8.05. The van der Waals surface area contributed by atoms with Crippen LogP contribution in [0.3, 0.4) is 0 Å². The first-order chi connectivity index (χ1) is 12.1. The highest BCUT2D eigenvalue weighted by atomic mass is 35.5. The SMILES string of the molecule is COc1cccc2c1C/C(=C\c1cc3cccc(C)c3nc1Cl)C2=O. The Morgan fingerprint density at radius 1 is 1.20 bits per heavy atom. The van der Waals surface area contributed by atoms with Crippen LogP contribution in [0.4, 0.5) is 0 Å². The summed E-state index contributed by atoms with van der Waals surface area (Å²) in [4.78, 5) is 17.2. The van der Waals surface area contributed by atoms with Gasteiger partial charge in [0.25, 0.3) is 0 Å². The van der Waals surface area contributed by atoms with Crippen LogP contribution in [-0.4, -0.2) is 17.9 Å². The molecule has 3 nitrogen and oxygen atoms in total. The van der Waals surface area contributed by atoms with Gasteiger partial charge in [0, 0.05) is 34.1 Å². The van der Waals surface area contributed by atoms with Gasteiger partial charge < -0.3 is 4.74 Å². The van der Waals surface area contributed by atoms with Gasteiger partial charge in [-0.25, -0.2) is 4.98 Å². The number of halogens is 1. The topological polar surface area (TPSA) is 39.2 Å². The Morgan fingerprint density at radius 3 is 2.80 bits per heavy atom. The number of carbonyl (C=O) groups excluding carboxylic acids is 1. The van der Waals surface area contributed by atoms with E-state index in [9.17, 15) is 4.79 Å². The van der Waals surface area contributed by atoms with Crippen LogP contribution in [0.15, 0.2) is 48.0 Å². The fourth-order valence-corrected chi connectivity index (χ4v) is 3.54. The molecule has 25 heavy (non-hydrogen) atoms. The van der Waals surface area contributed by atoms with Gasteiger partial charge in [-0.15, -0.1) is 0 Å². The Bertz CT molecular complexity index is 1050. The molecular weight excluding hydrogens is 334 g/mol. The molecule has 0 saturated carbocycles. The van der Waals surface area contributed by atoms with E-state index in [2.05, 4.69) is 4.98 Å². The zero-order valence-electron chi connectivity index (χ0n) is 14.0. The Balaban J connectivity index is 1.81. The molecule has 0 amide bonds. The number of rotatable bonds is 2. The van der Waals surface area contributed by atoms with E-state index in [1.807, 2.05) is 55.5 Å². The number of hydrogen-bond donors (Lipinski definition) is 0. The first kappa shape index (κ1) is 15.9. The number of para-hydroxylation sites is 1. The number of allylic oxidation sites excluding steroid dienone is 1. The summed E-state index contributed by atoms with van der Waals surface area (Å²) >= 11 is 6.38. The molecule has 2 aromatic carbocycles. The van der Waals surface area contributed by atoms with E-state index < -0.39 is 0 Å². The summed E-state index contributed by atoms with van der Waals surface area (Å²) in [5.41, 5.74) is 5.06. The molecule has 124 valence electrons. The summed E-state index contributed by atoms with van der Waals surface area (Å²) < 4.78 is 5.38. The Hall–Kier alpha value is -2.65. The number of aromatic nitrogens is 1. The zero-order chi connectivity index (χ0) is 17.6. The van der Waals surface area contributed by atoms with Gasteiger partial charge in [0.1, 0.15) is 10.9 Å². The Morgan fingerprint density at radius 2 is 2.00 bits per heavy atom. The van der Waals surface area contributed by atoms with Gasteiger partial charge in [-0.2, -0.15) is 0 Å². The molecule has 0 N–H and O–H groups in total. The second-order valence-electron chi connectivity index (χ2n) is 6.18. The third-order valence-electron chi connectivity index (χ3n) is 4.61. The van der Waals surface area contributed by atoms with Gasteiger partial charge in [-0.05, 0) is 30.7 Å². The summed E-state index contributed by atoms with van der Waals surface area (Å²) in [6.07, 6.45) is 2.39. The number of fused-ring (bicyclic) bond motifs is 2. The van der Waals surface area contributed by atoms with Gasteiger partial charge in [-0.1, -0.05) is 41.9 Å². The number of ether oxygens (including phenoxy) is 1. The van der Waals surface area contributed by atoms with Crippen LogP contribution in [-0.2, 0) is 6.42 Å². The molecule has 0 fully saturated rings. The second-order valence-corrected chi connectivity index (χ2v) is 6.53. The minimum absolute atomic E-state index is 0.0225. The molecule has 0 radical (unpaired) electrons. The lowest BCUT2D eigenvalue weighted by Crippen LogP contribution is -1.96. The summed E-state index contributed by atoms with van der Waals surface area (Å²) in [6, 6.07) is 13.5. The molecule has 0 atom stereocenters. The van der Waals surface area contributed by atoms with Crippen LogP contribution in [0.25, 0.3) is 17.0 Å². The standard InChI is InChI=1S/C21H16ClNO2/c1-12-5-3-6-13-9-15(21(22)23-19(12)13)10-14-11-17-16(20(14)24)7-4-8-18(17)25-2/h3-10H,11H2,1-2H3/b14-10+. The molecule has 3 aromatic rings. The van der Waals surface area contributed by atoms with E-state index in [0.29, 0.717) is 22.7 Å². The third-order valence-corrected chi connectivity index (χ3v) is 4.92. The molecule has 0 spiro atoms. The van der Waals surface area contributed by atoms with Crippen molar-refractivity contribution in [2.24, 2.45) is 0 Å². The minimum atomic E-state index is 0.0225. The second kappa shape index (κ2) is 6.01. The van der Waals surface area contributed by atoms with E-state index in [-0.39, 0.29) is 5.78 Å². The third kappa shape index (κ3) is 2.61. The molecule has 0 saturated heterocycles. The summed E-state index contributed by atoms with van der Waals surface area (Å²) in [5, 5.41) is 1.42. The number of Topliss-reactive ketones (excluding diaryl/α,β-unsaturated/α-hetero) is 1. The van der Waals surface area contributed by atoms with Crippen molar-refractivity contribution < 1.29 is 9.53 Å². The number of hydrogen-bond acceptors (Lipinski definition) is 3. The summed E-state index contributed by atoms with van der Waals surface area (Å²) in [5.74, 6) is 0.766. The molecule has 0 unspecified atom stereocenters. The van der Waals surface area contributed by atoms with E-state index in [0.717, 1.165) is 33.3 Å². The van der Waals surface area contributed by atoms with Crippen LogP contribution in [0, 0.1) is 6.92 Å². The predicted molar refractivity (Wildman–Crippen MR) is 100 cm³/mol. The van der Waals surface area contributed by atoms with Crippen molar-refractivity contribution in [1.29, 1.82) is 0 Å². The van der Waals surface area contributed by atoms with Crippen molar-refractivity contribution in [3.05, 3.63) is 75.4 Å². The van der Waals surface area contributed by atoms with E-state index in [1.165, 1.54) is 0 Å². The van der Waals surface area contributed by atoms with Crippen LogP contribution in [0.2, 0.25) is 5.15 Å². The minimum Gasteiger partial charge on any atom is -0.496 e. The van der Waals surface area contributed by atoms with Gasteiger partial charge >= 0.3 is 0 Å². The van der Waals surface area contributed by atoms with E-state index in [4.69, 9.17) is 16.3 Å². The average Bonchev–Trinajstić information content (AvgIpc) is 2.93. The number of benzene rings is 2. The molecular formula is C21H16ClNO2. The Labute approximate surface area is 150 Å². The van der Waals surface area contributed by atoms with Crippen molar-refractivity contribution in [2.45, 2.75) is 13.3 Å². The van der Waals surface area contributed by atoms with Crippen molar-refractivity contribution in [3.63, 3.8) is 0 Å². The highest BCUT2D eigenvalue weighted by molar-refractivity contribution is 6.31. The van der Waals surface area contributed by atoms with Crippen LogP contribution in [0.1, 0.15) is 27.0 Å². The van der Waals surface area contributed by atoms with Gasteiger partial charge in [0.2, 0.25) is 0 Å². The number of aryl methyl sites for hydroxylation is 1. The Kier molecular flexibility index (Phi) is 3.81. The maximum absolute atomic E-state index is 12.7. The van der Waals surface area contributed by atoms with Gasteiger partial charge in [0.15, 0.2) is 5.78 Å². The number of ketones is 1. The molecule has 4 heteroatoms. The molecule has 0 bridgehead atoms. The number of methoxy groups -OCH3 is 1. The van der Waals surface area contributed by atoms with Crippen molar-refractivity contribution >= 4 is 34.4 Å². The van der Waals surface area contributed by atoms with Crippen LogP contribution < -0.4 is 4.74 Å². The van der Waals surface area contributed by atoms with Crippen molar-refractivity contribution in [3.8, 4) is 5.75 Å². The lowest BCUT2D eigenvalue weighted by Gasteiger charge is -2.06. The van der Waals surface area contributed by atoms with Crippen LogP contribution >= 0.6 is 11.6 Å². The molecule has 0 aliphatic heterocycles. The molecule has 1 aliphatic carbocycles. The van der Waals surface area contributed by atoms with Crippen molar-refractivity contribution in [2.75, 3.05) is 7.11 Å². The fraction of sp³-hybridized carbons (Fsp3) is 0.143. The van der Waals surface area contributed by atoms with Gasteiger partial charge in [-0.3, -0.25) is 4.79 Å². The van der Waals surface area contributed by atoms with E-state index in [1.54, 1.807) is 7.11 Å². The van der Waals surface area contributed by atoms with Gasteiger partial charge in [0.05, 0.1) is 12.6 Å². The highest BCUT2D eigenvalue weighted by Gasteiger charge is 2.27. The molecule has 4 rings (SSSR count). The van der Waals surface area contributed by atoms with Crippen LogP contribution in [0.5, 0.6) is 5.75 Å². The zero-order valence-corrected chi connectivity index (χ0v) is 14.7. The van der Waals surface area contributed by atoms with E-state index >= 15 is 0 Å². The van der Waals surface area contributed by atoms with Crippen molar-refractivity contribution in [1.82, 2.24) is 4.98 Å². The first-order valence-corrected chi connectivity index (χ1v) is 8.43. The summed E-state index contributed by atoms with van der Waals surface area (Å²) in [6.45, 7) is 2.01. The number of pyridine rings is 1. The lowest BCUT2D eigenvalue weighted by atomic mass is 10.1. The molecule has 1 heterocycles. The summed E-state index contributed by atoms with van der Waals surface area (Å²) in [7, 11) is 1.62. The molecule has 1 aliphatic rings. The smallest absolute Gasteiger partial charge is 0.189 e. The maximum Gasteiger partial charge on any atom is 0.189 e. The maximum atomic E-state index is 12.7. The number of carbonyl (C=O) groups is 1. The average molecular weight is 350 g/mol. The fourth-order valence-electron chi connectivity index (χ4n) is 3.34. The predicted octanol–water partition coefficient (Wildman–Crippen LogP) is 5.03. The quantitative estimate of drug-likeness (QED) is 0.481. The lowest BCUT2D eigenvalue weighted by molar-refractivity contribution is 0.104. The number of nitrogens with zero attached hydrogens (tertiary/aromatic N) is 1. The normalized spacial score (nSPS) is 15.0. The highest BCUT2D eigenvalue weighted by Crippen LogP contribution is 2.35. The molecule has 1 aromatic heterocycles. The largest absolute Gasteiger partial charge is 0.496 e. The monoisotopic (exact) mass is 349 g/mol.